The number of rotatable bonds is 9. The summed E-state index contributed by atoms with van der Waals surface area (Å²) in [5.74, 6) is -1.89. The van der Waals surface area contributed by atoms with Crippen LogP contribution in [-0.4, -0.2) is 66.7 Å². The van der Waals surface area contributed by atoms with E-state index in [1.165, 1.54) is 12.1 Å². The van der Waals surface area contributed by atoms with Crippen molar-refractivity contribution in [2.45, 2.75) is 9.79 Å². The number of azo groups is 1. The number of nitrogens with zero attached hydrogens (tertiary/aromatic N) is 4. The number of hydrogen-bond donors (Lipinski definition) is 4. The number of phenolic OH excluding ortho intramolecular Hbond substituents is 1. The van der Waals surface area contributed by atoms with Crippen LogP contribution in [0.5, 0.6) is 11.6 Å². The third kappa shape index (κ3) is 6.59. The molecule has 3 aromatic rings. The lowest BCUT2D eigenvalue weighted by molar-refractivity contribution is 0.284. The summed E-state index contributed by atoms with van der Waals surface area (Å²) in [4.78, 5) is -0.739. The fourth-order valence-electron chi connectivity index (χ4n) is 2.61. The molecule has 3 rings (SSSR count). The zero-order chi connectivity index (χ0) is 26.0. The van der Waals surface area contributed by atoms with Gasteiger partial charge in [0.1, 0.15) is 11.4 Å². The maximum atomic E-state index is 12.2. The molecule has 0 bridgehead atoms. The van der Waals surface area contributed by atoms with Gasteiger partial charge in [-0.3, -0.25) is 9.11 Å². The Labute approximate surface area is 198 Å². The van der Waals surface area contributed by atoms with Gasteiger partial charge in [0, 0.05) is 6.07 Å². The largest absolute Gasteiger partial charge is 0.506 e. The first-order valence-corrected chi connectivity index (χ1v) is 13.6. The molecule has 35 heavy (non-hydrogen) atoms. The van der Waals surface area contributed by atoms with Gasteiger partial charge in [0.05, 0.1) is 34.0 Å². The molecule has 0 saturated carbocycles. The van der Waals surface area contributed by atoms with Gasteiger partial charge in [-0.15, -0.1) is 10.2 Å². The lowest BCUT2D eigenvalue weighted by Crippen LogP contribution is -2.15. The van der Waals surface area contributed by atoms with Crippen molar-refractivity contribution in [1.82, 2.24) is 9.78 Å². The Morgan fingerprint density at radius 2 is 1.46 bits per heavy atom. The second-order valence-corrected chi connectivity index (χ2v) is 11.3. The molecule has 4 N–H and O–H groups in total. The van der Waals surface area contributed by atoms with Gasteiger partial charge >= 0.3 is 10.4 Å². The first kappa shape index (κ1) is 26.2. The Hall–Kier alpha value is -3.42. The van der Waals surface area contributed by atoms with Crippen molar-refractivity contribution in [2.75, 3.05) is 12.4 Å². The smallest absolute Gasteiger partial charge is 0.397 e. The van der Waals surface area contributed by atoms with E-state index in [1.54, 1.807) is 0 Å². The van der Waals surface area contributed by atoms with Crippen LogP contribution in [0.25, 0.3) is 5.69 Å². The van der Waals surface area contributed by atoms with E-state index >= 15 is 0 Å². The summed E-state index contributed by atoms with van der Waals surface area (Å²) in [6.45, 7) is -0.842. The van der Waals surface area contributed by atoms with Crippen molar-refractivity contribution in [3.05, 3.63) is 48.7 Å². The van der Waals surface area contributed by atoms with Crippen LogP contribution in [-0.2, 0) is 34.5 Å². The molecule has 0 aliphatic carbocycles. The summed E-state index contributed by atoms with van der Waals surface area (Å²) in [6.07, 6.45) is 1.11. The monoisotopic (exact) mass is 548 g/mol. The van der Waals surface area contributed by atoms with Crippen LogP contribution in [0.4, 0.5) is 11.4 Å². The average molecular weight is 549 g/mol. The molecule has 0 spiro atoms. The minimum Gasteiger partial charge on any atom is -0.506 e. The summed E-state index contributed by atoms with van der Waals surface area (Å²) in [5, 5.41) is 31.8. The predicted octanol–water partition coefficient (Wildman–Crippen LogP) is 1.54. The molecule has 0 amide bonds. The molecule has 0 fully saturated rings. The number of sulfone groups is 1. The molecule has 0 radical (unpaired) electrons. The summed E-state index contributed by atoms with van der Waals surface area (Å²) in [7, 11) is -13.3. The van der Waals surface area contributed by atoms with E-state index in [1.807, 2.05) is 0 Å². The fourth-order valence-corrected chi connectivity index (χ4v) is 4.59. The van der Waals surface area contributed by atoms with E-state index < -0.39 is 54.3 Å². The van der Waals surface area contributed by atoms with Gasteiger partial charge in [-0.1, -0.05) is 0 Å². The van der Waals surface area contributed by atoms with E-state index in [2.05, 4.69) is 19.5 Å². The second kappa shape index (κ2) is 9.68. The van der Waals surface area contributed by atoms with Gasteiger partial charge < -0.3 is 10.2 Å². The van der Waals surface area contributed by atoms with Crippen LogP contribution < -0.4 is 0 Å². The maximum Gasteiger partial charge on any atom is 0.397 e. The van der Waals surface area contributed by atoms with E-state index in [9.17, 15) is 35.5 Å². The molecule has 188 valence electrons. The van der Waals surface area contributed by atoms with Crippen LogP contribution in [0.1, 0.15) is 0 Å². The molecule has 0 atom stereocenters. The molecule has 18 heteroatoms. The molecule has 0 aliphatic heterocycles. The maximum absolute atomic E-state index is 12.2. The quantitative estimate of drug-likeness (QED) is 0.220. The van der Waals surface area contributed by atoms with E-state index in [0.29, 0.717) is 0 Å². The highest BCUT2D eigenvalue weighted by Gasteiger charge is 2.19. The van der Waals surface area contributed by atoms with Crippen molar-refractivity contribution < 1.29 is 48.8 Å². The SMILES string of the molecule is O=S(=O)(O)OCCS(=O)(=O)c1ccc(/N=N/c2cnn(-c3ccc(S(=O)(=O)O)cc3)c2O)c(O)c1. The van der Waals surface area contributed by atoms with Gasteiger partial charge in [-0.25, -0.2) is 12.6 Å². The zero-order valence-electron chi connectivity index (χ0n) is 17.2. The van der Waals surface area contributed by atoms with Crippen LogP contribution in [0, 0.1) is 0 Å². The zero-order valence-corrected chi connectivity index (χ0v) is 19.6. The number of hydrogen-bond acceptors (Lipinski definition) is 12. The lowest BCUT2D eigenvalue weighted by Gasteiger charge is -2.06. The molecule has 0 unspecified atom stereocenters. The number of aromatic hydroxyl groups is 2. The van der Waals surface area contributed by atoms with Crippen LogP contribution >= 0.6 is 0 Å². The lowest BCUT2D eigenvalue weighted by atomic mass is 10.3. The normalized spacial score (nSPS) is 12.9. The van der Waals surface area contributed by atoms with E-state index in [0.717, 1.165) is 41.2 Å². The Bertz CT molecular complexity index is 1600. The molecular weight excluding hydrogens is 532 g/mol. The molecule has 1 heterocycles. The van der Waals surface area contributed by atoms with Gasteiger partial charge in [0.2, 0.25) is 5.88 Å². The van der Waals surface area contributed by atoms with Gasteiger partial charge in [-0.2, -0.15) is 26.6 Å². The summed E-state index contributed by atoms with van der Waals surface area (Å²) in [6, 6.07) is 7.73. The summed E-state index contributed by atoms with van der Waals surface area (Å²) < 4.78 is 90.2. The van der Waals surface area contributed by atoms with E-state index in [-0.39, 0.29) is 26.9 Å². The molecule has 15 nitrogen and oxygen atoms in total. The summed E-state index contributed by atoms with van der Waals surface area (Å²) in [5.41, 5.74) is -0.100. The Balaban J connectivity index is 1.78. The van der Waals surface area contributed by atoms with Crippen LogP contribution in [0.15, 0.2) is 68.7 Å². The highest BCUT2D eigenvalue weighted by atomic mass is 32.3. The molecular formula is C17H16N4O11S3. The van der Waals surface area contributed by atoms with Gasteiger partial charge in [-0.05, 0) is 36.4 Å². The molecule has 1 aromatic heterocycles. The average Bonchev–Trinajstić information content (AvgIpc) is 3.11. The Morgan fingerprint density at radius 1 is 0.857 bits per heavy atom. The number of phenols is 1. The van der Waals surface area contributed by atoms with Crippen molar-refractivity contribution in [3.8, 4) is 17.3 Å². The summed E-state index contributed by atoms with van der Waals surface area (Å²) >= 11 is 0. The molecule has 2 aromatic carbocycles. The minimum atomic E-state index is -4.81. The predicted molar refractivity (Wildman–Crippen MR) is 117 cm³/mol. The first-order valence-electron chi connectivity index (χ1n) is 9.12. The Kier molecular flexibility index (Phi) is 7.24. The number of aromatic nitrogens is 2. The van der Waals surface area contributed by atoms with Gasteiger partial charge in [0.15, 0.2) is 15.5 Å². The van der Waals surface area contributed by atoms with E-state index in [4.69, 9.17) is 9.11 Å². The van der Waals surface area contributed by atoms with Crippen molar-refractivity contribution in [1.29, 1.82) is 0 Å². The molecule has 0 aliphatic rings. The highest BCUT2D eigenvalue weighted by molar-refractivity contribution is 7.91. The van der Waals surface area contributed by atoms with Crippen molar-refractivity contribution >= 4 is 41.7 Å². The third-order valence-electron chi connectivity index (χ3n) is 4.26. The highest BCUT2D eigenvalue weighted by Crippen LogP contribution is 2.34. The topological polar surface area (TPSA) is 235 Å². The van der Waals surface area contributed by atoms with Crippen LogP contribution in [0.2, 0.25) is 0 Å². The Morgan fingerprint density at radius 3 is 2.03 bits per heavy atom. The third-order valence-corrected chi connectivity index (χ3v) is 7.27. The molecule has 0 saturated heterocycles. The van der Waals surface area contributed by atoms with Crippen molar-refractivity contribution in [2.24, 2.45) is 10.2 Å². The fraction of sp³-hybridized carbons (Fsp3) is 0.118. The minimum absolute atomic E-state index is 0.151. The standard InChI is InChI=1S/C17H16N4O11S3/c22-16-9-13(33(24,25)8-7-32-35(29,30)31)5-6-14(16)19-20-15-10-18-21(17(15)23)11-1-3-12(4-2-11)34(26,27)28/h1-6,9-10,22-23H,7-8H2,(H,26,27,28)(H,29,30,31)/b20-19+. The second-order valence-electron chi connectivity index (χ2n) is 6.65. The first-order chi connectivity index (χ1) is 16.2. The van der Waals surface area contributed by atoms with Crippen LogP contribution in [0.3, 0.4) is 0 Å². The van der Waals surface area contributed by atoms with Gasteiger partial charge in [0.25, 0.3) is 10.1 Å². The number of benzene rings is 2. The van der Waals surface area contributed by atoms with Crippen molar-refractivity contribution in [3.63, 3.8) is 0 Å².